The number of nitrogens with zero attached hydrogens (tertiary/aromatic N) is 2. The van der Waals surface area contributed by atoms with E-state index in [1.165, 1.54) is 0 Å². The highest BCUT2D eigenvalue weighted by molar-refractivity contribution is 9.10. The molecule has 0 aliphatic heterocycles. The van der Waals surface area contributed by atoms with E-state index in [1.807, 2.05) is 18.2 Å². The van der Waals surface area contributed by atoms with Gasteiger partial charge in [0.1, 0.15) is 11.6 Å². The van der Waals surface area contributed by atoms with Crippen molar-refractivity contribution >= 4 is 21.7 Å². The summed E-state index contributed by atoms with van der Waals surface area (Å²) in [6.07, 6.45) is 3.47. The molecule has 0 saturated heterocycles. The lowest BCUT2D eigenvalue weighted by molar-refractivity contribution is 0.502. The number of aromatic nitrogens is 1. The molecule has 0 aliphatic carbocycles. The zero-order valence-electron chi connectivity index (χ0n) is 10.3. The number of anilines is 1. The second kappa shape index (κ2) is 6.02. The second-order valence-corrected chi connectivity index (χ2v) is 4.85. The largest absolute Gasteiger partial charge is 0.467 e. The Morgan fingerprint density at radius 1 is 1.50 bits per heavy atom. The average Bonchev–Trinajstić information content (AvgIpc) is 2.89. The van der Waals surface area contributed by atoms with Crippen molar-refractivity contribution in [3.63, 3.8) is 0 Å². The SMILES string of the molecule is CCN(Cc1ccco1)c1ncc(Br)cc1CN. The molecule has 0 fully saturated rings. The summed E-state index contributed by atoms with van der Waals surface area (Å²) < 4.78 is 6.32. The number of furan rings is 1. The molecule has 2 aromatic heterocycles. The van der Waals surface area contributed by atoms with Crippen molar-refractivity contribution in [3.05, 3.63) is 46.5 Å². The lowest BCUT2D eigenvalue weighted by Crippen LogP contribution is -2.24. The summed E-state index contributed by atoms with van der Waals surface area (Å²) in [5.41, 5.74) is 6.80. The Kier molecular flexibility index (Phi) is 4.38. The number of hydrogen-bond acceptors (Lipinski definition) is 4. The number of nitrogens with two attached hydrogens (primary N) is 1. The van der Waals surface area contributed by atoms with Gasteiger partial charge in [-0.25, -0.2) is 4.98 Å². The standard InChI is InChI=1S/C13H16BrN3O/c1-2-17(9-12-4-3-5-18-12)13-10(7-15)6-11(14)8-16-13/h3-6,8H,2,7,9,15H2,1H3. The number of hydrogen-bond donors (Lipinski definition) is 1. The fourth-order valence-corrected chi connectivity index (χ4v) is 2.21. The van der Waals surface area contributed by atoms with Crippen LogP contribution >= 0.6 is 15.9 Å². The van der Waals surface area contributed by atoms with Crippen molar-refractivity contribution < 1.29 is 4.42 Å². The summed E-state index contributed by atoms with van der Waals surface area (Å²) in [5.74, 6) is 1.84. The summed E-state index contributed by atoms with van der Waals surface area (Å²) in [7, 11) is 0. The van der Waals surface area contributed by atoms with Crippen molar-refractivity contribution in [2.24, 2.45) is 5.73 Å². The highest BCUT2D eigenvalue weighted by atomic mass is 79.9. The molecular formula is C13H16BrN3O. The van der Waals surface area contributed by atoms with Crippen molar-refractivity contribution in [1.82, 2.24) is 4.98 Å². The normalized spacial score (nSPS) is 10.6. The predicted molar refractivity (Wildman–Crippen MR) is 75.3 cm³/mol. The summed E-state index contributed by atoms with van der Waals surface area (Å²) in [4.78, 5) is 6.60. The van der Waals surface area contributed by atoms with E-state index in [0.29, 0.717) is 13.1 Å². The van der Waals surface area contributed by atoms with Crippen LogP contribution in [0, 0.1) is 0 Å². The van der Waals surface area contributed by atoms with Gasteiger partial charge in [-0.15, -0.1) is 0 Å². The molecule has 2 N–H and O–H groups in total. The zero-order valence-corrected chi connectivity index (χ0v) is 11.9. The van der Waals surface area contributed by atoms with E-state index in [2.05, 4.69) is 32.7 Å². The van der Waals surface area contributed by atoms with E-state index in [1.54, 1.807) is 12.5 Å². The quantitative estimate of drug-likeness (QED) is 0.922. The second-order valence-electron chi connectivity index (χ2n) is 3.93. The first kappa shape index (κ1) is 13.1. The van der Waals surface area contributed by atoms with Crippen LogP contribution in [0.2, 0.25) is 0 Å². The van der Waals surface area contributed by atoms with Gasteiger partial charge in [0.25, 0.3) is 0 Å². The van der Waals surface area contributed by atoms with Crippen LogP contribution in [0.15, 0.2) is 39.5 Å². The summed E-state index contributed by atoms with van der Waals surface area (Å²) in [6.45, 7) is 4.11. The minimum Gasteiger partial charge on any atom is -0.467 e. The molecule has 0 atom stereocenters. The first-order valence-electron chi connectivity index (χ1n) is 5.86. The molecule has 0 saturated carbocycles. The van der Waals surface area contributed by atoms with E-state index in [9.17, 15) is 0 Å². The van der Waals surface area contributed by atoms with Crippen LogP contribution < -0.4 is 10.6 Å². The molecule has 4 nitrogen and oxygen atoms in total. The maximum absolute atomic E-state index is 5.77. The first-order valence-corrected chi connectivity index (χ1v) is 6.65. The smallest absolute Gasteiger partial charge is 0.133 e. The Balaban J connectivity index is 2.26. The van der Waals surface area contributed by atoms with Gasteiger partial charge < -0.3 is 15.1 Å². The van der Waals surface area contributed by atoms with Crippen LogP contribution in [0.3, 0.4) is 0 Å². The van der Waals surface area contributed by atoms with Gasteiger partial charge >= 0.3 is 0 Å². The molecule has 18 heavy (non-hydrogen) atoms. The van der Waals surface area contributed by atoms with Crippen molar-refractivity contribution in [2.75, 3.05) is 11.4 Å². The molecular weight excluding hydrogens is 294 g/mol. The van der Waals surface area contributed by atoms with Crippen molar-refractivity contribution in [2.45, 2.75) is 20.0 Å². The molecule has 96 valence electrons. The molecule has 5 heteroatoms. The third-order valence-corrected chi connectivity index (χ3v) is 3.17. The minimum absolute atomic E-state index is 0.469. The molecule has 2 aromatic rings. The van der Waals surface area contributed by atoms with Gasteiger partial charge in [-0.1, -0.05) is 0 Å². The Morgan fingerprint density at radius 3 is 2.94 bits per heavy atom. The zero-order chi connectivity index (χ0) is 13.0. The molecule has 0 radical (unpaired) electrons. The van der Waals surface area contributed by atoms with E-state index in [0.717, 1.165) is 28.2 Å². The molecule has 2 rings (SSSR count). The minimum atomic E-state index is 0.469. The monoisotopic (exact) mass is 309 g/mol. The maximum atomic E-state index is 5.77. The fourth-order valence-electron chi connectivity index (χ4n) is 1.84. The molecule has 0 bridgehead atoms. The maximum Gasteiger partial charge on any atom is 0.133 e. The highest BCUT2D eigenvalue weighted by Gasteiger charge is 2.12. The van der Waals surface area contributed by atoms with E-state index in [4.69, 9.17) is 10.2 Å². The molecule has 0 aliphatic rings. The van der Waals surface area contributed by atoms with Gasteiger partial charge in [0, 0.05) is 29.3 Å². The van der Waals surface area contributed by atoms with Crippen LogP contribution in [0.1, 0.15) is 18.2 Å². The van der Waals surface area contributed by atoms with Gasteiger partial charge in [-0.3, -0.25) is 0 Å². The van der Waals surface area contributed by atoms with E-state index in [-0.39, 0.29) is 0 Å². The molecule has 0 aromatic carbocycles. The topological polar surface area (TPSA) is 55.3 Å². The molecule has 2 heterocycles. The third-order valence-electron chi connectivity index (χ3n) is 2.74. The molecule has 0 unspecified atom stereocenters. The van der Waals surface area contributed by atoms with Crippen LogP contribution in [-0.2, 0) is 13.1 Å². The Bertz CT molecular complexity index is 499. The Labute approximate surface area is 115 Å². The van der Waals surface area contributed by atoms with E-state index >= 15 is 0 Å². The van der Waals surface area contributed by atoms with Crippen molar-refractivity contribution in [3.8, 4) is 0 Å². The summed E-state index contributed by atoms with van der Waals surface area (Å²) in [6, 6.07) is 5.86. The Hall–Kier alpha value is -1.33. The Morgan fingerprint density at radius 2 is 2.33 bits per heavy atom. The third kappa shape index (κ3) is 2.91. The van der Waals surface area contributed by atoms with Gasteiger partial charge in [0.15, 0.2) is 0 Å². The van der Waals surface area contributed by atoms with Gasteiger partial charge in [0.05, 0.1) is 12.8 Å². The average molecular weight is 310 g/mol. The first-order chi connectivity index (χ1) is 8.74. The number of rotatable bonds is 5. The summed E-state index contributed by atoms with van der Waals surface area (Å²) in [5, 5.41) is 0. The lowest BCUT2D eigenvalue weighted by Gasteiger charge is -2.23. The number of pyridine rings is 1. The number of halogens is 1. The van der Waals surface area contributed by atoms with Gasteiger partial charge in [-0.05, 0) is 41.1 Å². The van der Waals surface area contributed by atoms with Gasteiger partial charge in [0.2, 0.25) is 0 Å². The van der Waals surface area contributed by atoms with Crippen LogP contribution in [0.4, 0.5) is 5.82 Å². The molecule has 0 spiro atoms. The van der Waals surface area contributed by atoms with Crippen molar-refractivity contribution in [1.29, 1.82) is 0 Å². The van der Waals surface area contributed by atoms with Gasteiger partial charge in [-0.2, -0.15) is 0 Å². The van der Waals surface area contributed by atoms with Crippen LogP contribution in [-0.4, -0.2) is 11.5 Å². The van der Waals surface area contributed by atoms with E-state index < -0.39 is 0 Å². The summed E-state index contributed by atoms with van der Waals surface area (Å²) >= 11 is 3.41. The lowest BCUT2D eigenvalue weighted by atomic mass is 10.2. The van der Waals surface area contributed by atoms with Crippen LogP contribution in [0.5, 0.6) is 0 Å². The highest BCUT2D eigenvalue weighted by Crippen LogP contribution is 2.22. The fraction of sp³-hybridized carbons (Fsp3) is 0.308. The van der Waals surface area contributed by atoms with Crippen LogP contribution in [0.25, 0.3) is 0 Å². The predicted octanol–water partition coefficient (Wildman–Crippen LogP) is 2.92. The molecule has 0 amide bonds.